The normalized spacial score (nSPS) is 4.00. The fourth-order valence-corrected chi connectivity index (χ4v) is 0. The van der Waals surface area contributed by atoms with Gasteiger partial charge in [-0.2, -0.15) is 0 Å². The molecule has 0 unspecified atom stereocenters. The molecule has 0 spiro atoms. The van der Waals surface area contributed by atoms with Crippen molar-refractivity contribution in [2.45, 2.75) is 13.1 Å². The summed E-state index contributed by atoms with van der Waals surface area (Å²) in [5.41, 5.74) is 9.78. The van der Waals surface area contributed by atoms with Gasteiger partial charge in [-0.3, -0.25) is 0 Å². The van der Waals surface area contributed by atoms with E-state index in [0.717, 1.165) is 0 Å². The first-order valence-corrected chi connectivity index (χ1v) is 1.24. The van der Waals surface area contributed by atoms with Gasteiger partial charge in [0, 0.05) is 6.17 Å². The Morgan fingerprint density at radius 3 is 1.00 bits per heavy atom. The Morgan fingerprint density at radius 2 is 1.00 bits per heavy atom. The average Bonchev–Trinajstić information content (AvgIpc) is 0.811. The van der Waals surface area contributed by atoms with Crippen LogP contribution in [0.2, 0.25) is 0 Å². The predicted octanol–water partition coefficient (Wildman–Crippen LogP) is -5.90. The largest absolute Gasteiger partial charge is 2.00 e. The van der Waals surface area contributed by atoms with Gasteiger partial charge >= 0.3 is 17.1 Å². The van der Waals surface area contributed by atoms with Gasteiger partial charge in [-0.15, -0.1) is 24.8 Å². The van der Waals surface area contributed by atoms with E-state index < -0.39 is 0 Å². The van der Waals surface area contributed by atoms with E-state index in [4.69, 9.17) is 11.5 Å². The zero-order valence-electron chi connectivity index (χ0n) is 4.66. The van der Waals surface area contributed by atoms with Crippen LogP contribution < -0.4 is 36.3 Å². The Morgan fingerprint density at radius 1 is 1.00 bits per heavy atom. The molecule has 0 rings (SSSR count). The smallest absolute Gasteiger partial charge is 1.00 e. The number of hydrogen-bond acceptors (Lipinski definition) is 2. The van der Waals surface area contributed by atoms with E-state index >= 15 is 0 Å². The summed E-state index contributed by atoms with van der Waals surface area (Å²) in [5.74, 6) is 0. The summed E-state index contributed by atoms with van der Waals surface area (Å²) in [4.78, 5) is 0. The van der Waals surface area contributed by atoms with Gasteiger partial charge in [-0.1, -0.05) is 0 Å². The first-order chi connectivity index (χ1) is 1.73. The monoisotopic (exact) mass is 258 g/mol. The van der Waals surface area contributed by atoms with Crippen LogP contribution in [0.5, 0.6) is 0 Å². The van der Waals surface area contributed by atoms with Gasteiger partial charge in [0.15, 0.2) is 0 Å². The third-order valence-corrected chi connectivity index (χ3v) is 0. The van der Waals surface area contributed by atoms with Crippen molar-refractivity contribution >= 4 is 24.8 Å². The molecule has 0 aromatic rings. The summed E-state index contributed by atoms with van der Waals surface area (Å²) < 4.78 is 0. The molecule has 0 atom stereocenters. The quantitative estimate of drug-likeness (QED) is 0.336. The van der Waals surface area contributed by atoms with Crippen LogP contribution in [-0.2, 0) is 17.1 Å². The molecule has 4 N–H and O–H groups in total. The Kier molecular flexibility index (Phi) is 172. The van der Waals surface area contributed by atoms with E-state index in [1.807, 2.05) is 0 Å². The van der Waals surface area contributed by atoms with Crippen LogP contribution in [-0.4, -0.2) is 6.17 Å². The summed E-state index contributed by atoms with van der Waals surface area (Å²) in [6.07, 6.45) is -0.167. The molecule has 0 radical (unpaired) electrons. The number of nitrogens with two attached hydrogens (primary N) is 2. The van der Waals surface area contributed by atoms with Crippen molar-refractivity contribution < 1.29 is 41.9 Å². The Labute approximate surface area is 91.0 Å². The van der Waals surface area contributed by atoms with Gasteiger partial charge in [0.1, 0.15) is 0 Å². The van der Waals surface area contributed by atoms with E-state index in [1.54, 1.807) is 6.92 Å². The van der Waals surface area contributed by atoms with Crippen LogP contribution in [0.4, 0.5) is 0 Å². The Bertz CT molecular complexity index is 21.3. The maximum absolute atomic E-state index is 4.89. The molecule has 7 heteroatoms. The van der Waals surface area contributed by atoms with Crippen molar-refractivity contribution in [2.75, 3.05) is 0 Å². The maximum atomic E-state index is 4.89. The van der Waals surface area contributed by atoms with Crippen LogP contribution in [0.15, 0.2) is 0 Å². The van der Waals surface area contributed by atoms with Gasteiger partial charge in [-0.05, 0) is 6.92 Å². The molecule has 0 heterocycles. The van der Waals surface area contributed by atoms with Crippen molar-refractivity contribution in [1.82, 2.24) is 0 Å². The van der Waals surface area contributed by atoms with E-state index in [9.17, 15) is 0 Å². The minimum absolute atomic E-state index is 0. The molecule has 2 nitrogen and oxygen atoms in total. The molecule has 0 aliphatic heterocycles. The molecule has 0 saturated carbocycles. The predicted molar refractivity (Wildman–Crippen MR) is 32.3 cm³/mol. The molecule has 0 aromatic heterocycles. The zero-order valence-corrected chi connectivity index (χ0v) is 8.91. The van der Waals surface area contributed by atoms with Gasteiger partial charge in [0.05, 0.1) is 0 Å². The SMILES string of the molecule is CC(N)N.Cl.Cl.[Cl-].[Cl-].[Fe+2]. The van der Waals surface area contributed by atoms with Crippen molar-refractivity contribution in [3.8, 4) is 0 Å². The molecule has 0 aliphatic rings. The summed E-state index contributed by atoms with van der Waals surface area (Å²) in [7, 11) is 0. The number of rotatable bonds is 0. The zero-order chi connectivity index (χ0) is 3.58. The van der Waals surface area contributed by atoms with Crippen molar-refractivity contribution in [3.05, 3.63) is 0 Å². The molecule has 64 valence electrons. The minimum Gasteiger partial charge on any atom is -1.00 e. The molecule has 9 heavy (non-hydrogen) atoms. The molecular weight excluding hydrogens is 250 g/mol. The second-order valence-electron chi connectivity index (χ2n) is 0.859. The van der Waals surface area contributed by atoms with Gasteiger partial charge < -0.3 is 36.3 Å². The molecular formula is C2H10Cl4FeN2. The molecule has 0 fully saturated rings. The van der Waals surface area contributed by atoms with Gasteiger partial charge in [-0.25, -0.2) is 0 Å². The second-order valence-corrected chi connectivity index (χ2v) is 0.859. The van der Waals surface area contributed by atoms with Gasteiger partial charge in [0.25, 0.3) is 0 Å². The standard InChI is InChI=1S/C2H8N2.4ClH.Fe/c1-2(3)4;;;;;/h2H,3-4H2,1H3;4*1H;/q;;;;;+2/p-2. The van der Waals surface area contributed by atoms with Crippen LogP contribution in [0.25, 0.3) is 0 Å². The third-order valence-electron chi connectivity index (χ3n) is 0. The Balaban J connectivity index is -0.00000000450. The van der Waals surface area contributed by atoms with Crippen LogP contribution in [0, 0.1) is 0 Å². The molecule has 0 aromatic carbocycles. The van der Waals surface area contributed by atoms with E-state index in [2.05, 4.69) is 0 Å². The summed E-state index contributed by atoms with van der Waals surface area (Å²) in [6, 6.07) is 0. The summed E-state index contributed by atoms with van der Waals surface area (Å²) >= 11 is 0. The number of hydrogen-bond donors (Lipinski definition) is 2. The topological polar surface area (TPSA) is 52.0 Å². The Hall–Kier alpha value is 1.60. The average molecular weight is 260 g/mol. The van der Waals surface area contributed by atoms with E-state index in [1.165, 1.54) is 0 Å². The van der Waals surface area contributed by atoms with Crippen LogP contribution in [0.1, 0.15) is 6.92 Å². The minimum atomic E-state index is -0.167. The number of halogens is 4. The molecule has 0 amide bonds. The fraction of sp³-hybridized carbons (Fsp3) is 1.00. The summed E-state index contributed by atoms with van der Waals surface area (Å²) in [5, 5.41) is 0. The second kappa shape index (κ2) is 33.6. The van der Waals surface area contributed by atoms with E-state index in [0.29, 0.717) is 0 Å². The van der Waals surface area contributed by atoms with Crippen molar-refractivity contribution in [3.63, 3.8) is 0 Å². The molecule has 0 aliphatic carbocycles. The van der Waals surface area contributed by atoms with Crippen molar-refractivity contribution in [1.29, 1.82) is 0 Å². The fourth-order valence-electron chi connectivity index (χ4n) is 0. The molecule has 0 bridgehead atoms. The maximum Gasteiger partial charge on any atom is 2.00 e. The summed E-state index contributed by atoms with van der Waals surface area (Å²) in [6.45, 7) is 1.72. The first-order valence-electron chi connectivity index (χ1n) is 1.24. The van der Waals surface area contributed by atoms with Crippen molar-refractivity contribution in [2.24, 2.45) is 11.5 Å². The van der Waals surface area contributed by atoms with Gasteiger partial charge in [0.2, 0.25) is 0 Å². The first kappa shape index (κ1) is 46.2. The van der Waals surface area contributed by atoms with E-state index in [-0.39, 0.29) is 72.9 Å². The molecule has 0 saturated heterocycles. The third kappa shape index (κ3) is 217. The van der Waals surface area contributed by atoms with Crippen LogP contribution in [0.3, 0.4) is 0 Å². The van der Waals surface area contributed by atoms with Crippen LogP contribution >= 0.6 is 24.8 Å².